The van der Waals surface area contributed by atoms with Crippen molar-refractivity contribution in [2.24, 2.45) is 0 Å². The number of benzene rings is 2. The number of ether oxygens (including phenoxy) is 2. The molecule has 0 fully saturated rings. The van der Waals surface area contributed by atoms with E-state index in [0.717, 1.165) is 37.2 Å². The minimum Gasteiger partial charge on any atom is -0.497 e. The van der Waals surface area contributed by atoms with Crippen LogP contribution in [0.3, 0.4) is 0 Å². The van der Waals surface area contributed by atoms with E-state index in [9.17, 15) is 5.11 Å². The van der Waals surface area contributed by atoms with Crippen LogP contribution in [-0.4, -0.2) is 31.7 Å². The van der Waals surface area contributed by atoms with Crippen LogP contribution in [0.25, 0.3) is 0 Å². The lowest BCUT2D eigenvalue weighted by molar-refractivity contribution is 0.193. The van der Waals surface area contributed by atoms with Gasteiger partial charge in [-0.15, -0.1) is 11.8 Å². The average molecular weight is 421 g/mol. The van der Waals surface area contributed by atoms with E-state index in [1.165, 1.54) is 4.90 Å². The topological polar surface area (TPSA) is 38.7 Å². The normalized spacial score (nSPS) is 11.6. The first-order valence-corrected chi connectivity index (χ1v) is 10.9. The summed E-state index contributed by atoms with van der Waals surface area (Å²) in [5.74, 6) is 13.9. The zero-order chi connectivity index (χ0) is 21.4. The summed E-state index contributed by atoms with van der Waals surface area (Å²) in [6, 6.07) is 17.5. The number of hydrogen-bond donors (Lipinski definition) is 1. The summed E-state index contributed by atoms with van der Waals surface area (Å²) in [5.41, 5.74) is 1.36. The van der Waals surface area contributed by atoms with Crippen molar-refractivity contribution in [1.29, 1.82) is 0 Å². The maximum absolute atomic E-state index is 10.8. The Labute approximate surface area is 184 Å². The first-order valence-electron chi connectivity index (χ1n) is 9.90. The molecule has 1 unspecified atom stereocenters. The van der Waals surface area contributed by atoms with Crippen LogP contribution in [0, 0.1) is 23.7 Å². The van der Waals surface area contributed by atoms with Crippen LogP contribution in [0.5, 0.6) is 5.75 Å². The van der Waals surface area contributed by atoms with Crippen molar-refractivity contribution in [3.05, 3.63) is 71.8 Å². The maximum Gasteiger partial charge on any atom is 0.118 e. The van der Waals surface area contributed by atoms with E-state index in [-0.39, 0.29) is 0 Å². The van der Waals surface area contributed by atoms with Gasteiger partial charge in [-0.05, 0) is 42.7 Å². The fourth-order valence-electron chi connectivity index (χ4n) is 2.58. The van der Waals surface area contributed by atoms with Gasteiger partial charge in [0.1, 0.15) is 11.9 Å². The Morgan fingerprint density at radius 3 is 2.50 bits per heavy atom. The molecule has 1 atom stereocenters. The maximum atomic E-state index is 10.8. The van der Waals surface area contributed by atoms with Gasteiger partial charge in [-0.3, -0.25) is 0 Å². The number of hydrogen-bond acceptors (Lipinski definition) is 4. The Morgan fingerprint density at radius 1 is 1.03 bits per heavy atom. The highest BCUT2D eigenvalue weighted by Gasteiger charge is 2.11. The van der Waals surface area contributed by atoms with Crippen molar-refractivity contribution in [2.75, 3.05) is 26.6 Å². The molecule has 1 N–H and O–H groups in total. The van der Waals surface area contributed by atoms with Gasteiger partial charge in [-0.25, -0.2) is 0 Å². The van der Waals surface area contributed by atoms with E-state index in [0.29, 0.717) is 11.3 Å². The fraction of sp³-hybridized carbons (Fsp3) is 0.308. The van der Waals surface area contributed by atoms with Crippen molar-refractivity contribution < 1.29 is 14.6 Å². The van der Waals surface area contributed by atoms with Crippen molar-refractivity contribution in [3.63, 3.8) is 0 Å². The summed E-state index contributed by atoms with van der Waals surface area (Å²) in [4.78, 5) is 1.19. The molecule has 0 heterocycles. The monoisotopic (exact) mass is 420 g/mol. The van der Waals surface area contributed by atoms with Crippen LogP contribution in [0.15, 0.2) is 71.1 Å². The summed E-state index contributed by atoms with van der Waals surface area (Å²) in [6.07, 6.45) is 3.60. The molecule has 0 saturated heterocycles. The summed E-state index contributed by atoms with van der Waals surface area (Å²) in [5, 5.41) is 10.8. The molecule has 0 aliphatic heterocycles. The van der Waals surface area contributed by atoms with Crippen LogP contribution in [-0.2, 0) is 4.74 Å². The number of rotatable bonds is 9. The van der Waals surface area contributed by atoms with Gasteiger partial charge in [0.2, 0.25) is 0 Å². The van der Waals surface area contributed by atoms with Crippen LogP contribution in [0.1, 0.15) is 30.9 Å². The molecule has 156 valence electrons. The lowest BCUT2D eigenvalue weighted by Crippen LogP contribution is -2.00. The second kappa shape index (κ2) is 14.4. The highest BCUT2D eigenvalue weighted by atomic mass is 32.2. The molecule has 0 aliphatic rings. The number of methoxy groups -OCH3 is 2. The minimum atomic E-state index is -0.821. The number of aliphatic hydroxyl groups excluding tert-OH is 1. The molecule has 2 aromatic rings. The number of thioether (sulfide) groups is 1. The van der Waals surface area contributed by atoms with Gasteiger partial charge >= 0.3 is 0 Å². The third kappa shape index (κ3) is 8.80. The second-order valence-electron chi connectivity index (χ2n) is 6.45. The molecule has 0 amide bonds. The quantitative estimate of drug-likeness (QED) is 0.341. The van der Waals surface area contributed by atoms with Gasteiger partial charge < -0.3 is 14.6 Å². The predicted octanol–water partition coefficient (Wildman–Crippen LogP) is 5.27. The predicted molar refractivity (Wildman–Crippen MR) is 124 cm³/mol. The van der Waals surface area contributed by atoms with E-state index in [2.05, 4.69) is 35.8 Å². The smallest absolute Gasteiger partial charge is 0.118 e. The molecule has 0 bridgehead atoms. The van der Waals surface area contributed by atoms with Crippen LogP contribution < -0.4 is 4.74 Å². The zero-order valence-corrected chi connectivity index (χ0v) is 18.4. The molecule has 0 spiro atoms. The minimum absolute atomic E-state index is 0.601. The Balaban J connectivity index is 2.06. The highest BCUT2D eigenvalue weighted by molar-refractivity contribution is 7.99. The molecule has 0 aromatic heterocycles. The molecule has 0 radical (unpaired) electrons. The first-order chi connectivity index (χ1) is 14.7. The summed E-state index contributed by atoms with van der Waals surface area (Å²) in [6.45, 7) is 0.739. The molecule has 0 saturated carbocycles. The van der Waals surface area contributed by atoms with E-state index in [1.54, 1.807) is 32.1 Å². The zero-order valence-electron chi connectivity index (χ0n) is 17.6. The SMILES string of the molecule is COCCCCC#C/C(=C/C#CCSc1ccccc1)C(O)c1ccc(OC)cc1. The number of aliphatic hydroxyl groups is 1. The second-order valence-corrected chi connectivity index (χ2v) is 7.50. The molecule has 0 aliphatic carbocycles. The van der Waals surface area contributed by atoms with Gasteiger partial charge in [-0.1, -0.05) is 54.0 Å². The van der Waals surface area contributed by atoms with Crippen molar-refractivity contribution in [2.45, 2.75) is 30.3 Å². The standard InChI is InChI=1S/C26H28O3S/c1-28-20-10-4-3-6-12-22(26(27)23-16-18-24(29-2)19-17-23)13-9-11-21-30-25-14-7-5-8-15-25/h5,7-8,13-19,26-27H,3-4,10,20-21H2,1-2H3/b22-13-. The Bertz CT molecular complexity index is 897. The van der Waals surface area contributed by atoms with Gasteiger partial charge in [0, 0.05) is 36.7 Å². The average Bonchev–Trinajstić information content (AvgIpc) is 2.80. The Morgan fingerprint density at radius 2 is 1.80 bits per heavy atom. The Kier molecular flexibility index (Phi) is 11.3. The molecule has 2 rings (SSSR count). The van der Waals surface area contributed by atoms with Gasteiger partial charge in [0.25, 0.3) is 0 Å². The summed E-state index contributed by atoms with van der Waals surface area (Å²) < 4.78 is 10.3. The number of allylic oxidation sites excluding steroid dienone is 1. The van der Waals surface area contributed by atoms with Crippen molar-refractivity contribution in [1.82, 2.24) is 0 Å². The van der Waals surface area contributed by atoms with Gasteiger partial charge in [0.05, 0.1) is 12.9 Å². The molecular formula is C26H28O3S. The molecule has 4 heteroatoms. The van der Waals surface area contributed by atoms with Gasteiger partial charge in [-0.2, -0.15) is 0 Å². The molecule has 3 nitrogen and oxygen atoms in total. The Hall–Kier alpha value is -2.63. The van der Waals surface area contributed by atoms with Crippen molar-refractivity contribution in [3.8, 4) is 29.4 Å². The fourth-order valence-corrected chi connectivity index (χ4v) is 3.25. The van der Waals surface area contributed by atoms with Crippen LogP contribution in [0.4, 0.5) is 0 Å². The largest absolute Gasteiger partial charge is 0.497 e. The third-order valence-corrected chi connectivity index (χ3v) is 5.14. The van der Waals surface area contributed by atoms with E-state index in [1.807, 2.05) is 42.5 Å². The summed E-state index contributed by atoms with van der Waals surface area (Å²) in [7, 11) is 3.32. The van der Waals surface area contributed by atoms with E-state index < -0.39 is 6.10 Å². The first kappa shape index (κ1) is 23.6. The van der Waals surface area contributed by atoms with E-state index >= 15 is 0 Å². The number of unbranched alkanes of at least 4 members (excludes halogenated alkanes) is 2. The lowest BCUT2D eigenvalue weighted by atomic mass is 10.0. The highest BCUT2D eigenvalue weighted by Crippen LogP contribution is 2.23. The molecule has 30 heavy (non-hydrogen) atoms. The van der Waals surface area contributed by atoms with Crippen molar-refractivity contribution >= 4 is 11.8 Å². The molecular weight excluding hydrogens is 392 g/mol. The lowest BCUT2D eigenvalue weighted by Gasteiger charge is -2.11. The van der Waals surface area contributed by atoms with Crippen LogP contribution in [0.2, 0.25) is 0 Å². The van der Waals surface area contributed by atoms with E-state index in [4.69, 9.17) is 9.47 Å². The summed E-state index contributed by atoms with van der Waals surface area (Å²) >= 11 is 1.68. The molecule has 2 aromatic carbocycles. The third-order valence-electron chi connectivity index (χ3n) is 4.24. The van der Waals surface area contributed by atoms with Crippen LogP contribution >= 0.6 is 11.8 Å². The van der Waals surface area contributed by atoms with Gasteiger partial charge in [0.15, 0.2) is 0 Å².